The Hall–Kier alpha value is -1.38. The van der Waals surface area contributed by atoms with Crippen LogP contribution < -0.4 is 0 Å². The molecule has 1 aliphatic carbocycles. The first-order valence-corrected chi connectivity index (χ1v) is 5.31. The van der Waals surface area contributed by atoms with Gasteiger partial charge in [-0.1, -0.05) is 0 Å². The van der Waals surface area contributed by atoms with Crippen molar-refractivity contribution in [3.63, 3.8) is 0 Å². The first-order chi connectivity index (χ1) is 7.16. The lowest BCUT2D eigenvalue weighted by Gasteiger charge is -2.14. The maximum atomic E-state index is 10.8. The van der Waals surface area contributed by atoms with E-state index < -0.39 is 5.97 Å². The molecular weight excluding hydrogens is 190 g/mol. The number of aromatic nitrogens is 1. The summed E-state index contributed by atoms with van der Waals surface area (Å²) in [5.41, 5.74) is 2.09. The van der Waals surface area contributed by atoms with Crippen molar-refractivity contribution in [2.75, 3.05) is 0 Å². The van der Waals surface area contributed by atoms with E-state index in [1.807, 2.05) is 19.1 Å². The SMILES string of the molecule is Cc1cc(C(CC(=O)O)C2CC2)ccn1. The molecule has 2 rings (SSSR count). The molecular formula is C12H15NO2. The average Bonchev–Trinajstić information content (AvgIpc) is 2.97. The number of aryl methyl sites for hydroxylation is 1. The summed E-state index contributed by atoms with van der Waals surface area (Å²) >= 11 is 0. The topological polar surface area (TPSA) is 50.2 Å². The maximum Gasteiger partial charge on any atom is 0.303 e. The van der Waals surface area contributed by atoms with Crippen LogP contribution in [0.1, 0.15) is 36.4 Å². The standard InChI is InChI=1S/C12H15NO2/c1-8-6-10(4-5-13-8)11(7-12(14)15)9-2-3-9/h4-6,9,11H,2-3,7H2,1H3,(H,14,15). The van der Waals surface area contributed by atoms with Crippen LogP contribution in [0.4, 0.5) is 0 Å². The molecule has 0 aliphatic heterocycles. The Bertz CT molecular complexity index is 372. The first kappa shape index (κ1) is 10.1. The highest BCUT2D eigenvalue weighted by atomic mass is 16.4. The number of carbonyl (C=O) groups is 1. The summed E-state index contributed by atoms with van der Waals surface area (Å²) in [6.07, 6.45) is 4.34. The van der Waals surface area contributed by atoms with E-state index >= 15 is 0 Å². The summed E-state index contributed by atoms with van der Waals surface area (Å²) in [7, 11) is 0. The van der Waals surface area contributed by atoms with Crippen molar-refractivity contribution in [1.82, 2.24) is 4.98 Å². The van der Waals surface area contributed by atoms with E-state index in [0.717, 1.165) is 11.3 Å². The van der Waals surface area contributed by atoms with Crippen molar-refractivity contribution in [2.45, 2.75) is 32.1 Å². The van der Waals surface area contributed by atoms with Crippen molar-refractivity contribution in [3.8, 4) is 0 Å². The van der Waals surface area contributed by atoms with Gasteiger partial charge >= 0.3 is 5.97 Å². The average molecular weight is 205 g/mol. The van der Waals surface area contributed by atoms with Crippen LogP contribution in [-0.2, 0) is 4.79 Å². The lowest BCUT2D eigenvalue weighted by Crippen LogP contribution is -2.08. The second-order valence-electron chi connectivity index (χ2n) is 4.27. The fraction of sp³-hybridized carbons (Fsp3) is 0.500. The number of nitrogens with zero attached hydrogens (tertiary/aromatic N) is 1. The number of aliphatic carboxylic acids is 1. The number of rotatable bonds is 4. The number of pyridine rings is 1. The Labute approximate surface area is 89.2 Å². The highest BCUT2D eigenvalue weighted by molar-refractivity contribution is 5.68. The number of hydrogen-bond donors (Lipinski definition) is 1. The van der Waals surface area contributed by atoms with Gasteiger partial charge in [0.1, 0.15) is 0 Å². The minimum atomic E-state index is -0.707. The molecule has 1 saturated carbocycles. The third kappa shape index (κ3) is 2.55. The van der Waals surface area contributed by atoms with Crippen molar-refractivity contribution in [3.05, 3.63) is 29.6 Å². The summed E-state index contributed by atoms with van der Waals surface area (Å²) in [5, 5.41) is 8.88. The molecule has 0 spiro atoms. The van der Waals surface area contributed by atoms with Gasteiger partial charge in [0, 0.05) is 11.9 Å². The Morgan fingerprint density at radius 1 is 1.67 bits per heavy atom. The van der Waals surface area contributed by atoms with E-state index in [0.29, 0.717) is 5.92 Å². The maximum absolute atomic E-state index is 10.8. The number of hydrogen-bond acceptors (Lipinski definition) is 2. The summed E-state index contributed by atoms with van der Waals surface area (Å²) in [6, 6.07) is 3.95. The fourth-order valence-electron chi connectivity index (χ4n) is 2.04. The Morgan fingerprint density at radius 2 is 2.40 bits per heavy atom. The van der Waals surface area contributed by atoms with Crippen LogP contribution in [0, 0.1) is 12.8 Å². The Balaban J connectivity index is 2.19. The summed E-state index contributed by atoms with van der Waals surface area (Å²) in [6.45, 7) is 1.94. The van der Waals surface area contributed by atoms with Gasteiger partial charge in [0.15, 0.2) is 0 Å². The molecule has 1 aromatic heterocycles. The van der Waals surface area contributed by atoms with Gasteiger partial charge in [0.2, 0.25) is 0 Å². The summed E-state index contributed by atoms with van der Waals surface area (Å²) in [5.74, 6) is 0.0495. The molecule has 0 bridgehead atoms. The minimum Gasteiger partial charge on any atom is -0.481 e. The Morgan fingerprint density at radius 3 is 2.93 bits per heavy atom. The van der Waals surface area contributed by atoms with Crippen molar-refractivity contribution >= 4 is 5.97 Å². The second kappa shape index (κ2) is 4.01. The van der Waals surface area contributed by atoms with Crippen LogP contribution >= 0.6 is 0 Å². The molecule has 1 unspecified atom stereocenters. The van der Waals surface area contributed by atoms with Gasteiger partial charge in [0.25, 0.3) is 0 Å². The normalized spacial score (nSPS) is 17.4. The van der Waals surface area contributed by atoms with Gasteiger partial charge in [-0.3, -0.25) is 9.78 Å². The predicted molar refractivity (Wildman–Crippen MR) is 56.7 cm³/mol. The van der Waals surface area contributed by atoms with Gasteiger partial charge in [-0.05, 0) is 49.3 Å². The van der Waals surface area contributed by atoms with Crippen LogP contribution in [0.3, 0.4) is 0 Å². The molecule has 1 aromatic rings. The molecule has 80 valence electrons. The molecule has 0 aromatic carbocycles. The third-order valence-electron chi connectivity index (χ3n) is 2.93. The van der Waals surface area contributed by atoms with Crippen LogP contribution in [0.25, 0.3) is 0 Å². The lowest BCUT2D eigenvalue weighted by molar-refractivity contribution is -0.137. The van der Waals surface area contributed by atoms with Gasteiger partial charge in [0.05, 0.1) is 6.42 Å². The summed E-state index contributed by atoms with van der Waals surface area (Å²) in [4.78, 5) is 14.9. The van der Waals surface area contributed by atoms with E-state index in [1.54, 1.807) is 6.20 Å². The van der Waals surface area contributed by atoms with Crippen LogP contribution in [0.15, 0.2) is 18.3 Å². The predicted octanol–water partition coefficient (Wildman–Crippen LogP) is 2.36. The molecule has 1 atom stereocenters. The number of carboxylic acid groups (broad SMARTS) is 1. The van der Waals surface area contributed by atoms with E-state index in [9.17, 15) is 4.79 Å². The highest BCUT2D eigenvalue weighted by Gasteiger charge is 2.33. The van der Waals surface area contributed by atoms with E-state index in [-0.39, 0.29) is 12.3 Å². The molecule has 0 radical (unpaired) electrons. The Kier molecular flexibility index (Phi) is 2.71. The third-order valence-corrected chi connectivity index (χ3v) is 2.93. The molecule has 3 heteroatoms. The summed E-state index contributed by atoms with van der Waals surface area (Å²) < 4.78 is 0. The zero-order valence-corrected chi connectivity index (χ0v) is 8.81. The van der Waals surface area contributed by atoms with E-state index in [1.165, 1.54) is 12.8 Å². The van der Waals surface area contributed by atoms with Crippen LogP contribution in [0.2, 0.25) is 0 Å². The molecule has 1 N–H and O–H groups in total. The second-order valence-corrected chi connectivity index (χ2v) is 4.27. The van der Waals surface area contributed by atoms with Gasteiger partial charge in [-0.15, -0.1) is 0 Å². The molecule has 0 amide bonds. The minimum absolute atomic E-state index is 0.184. The smallest absolute Gasteiger partial charge is 0.303 e. The molecule has 15 heavy (non-hydrogen) atoms. The zero-order valence-electron chi connectivity index (χ0n) is 8.81. The molecule has 1 aliphatic rings. The molecule has 3 nitrogen and oxygen atoms in total. The zero-order chi connectivity index (χ0) is 10.8. The van der Waals surface area contributed by atoms with Crippen molar-refractivity contribution in [1.29, 1.82) is 0 Å². The molecule has 1 fully saturated rings. The van der Waals surface area contributed by atoms with Gasteiger partial charge in [-0.2, -0.15) is 0 Å². The van der Waals surface area contributed by atoms with Gasteiger partial charge < -0.3 is 5.11 Å². The van der Waals surface area contributed by atoms with Gasteiger partial charge in [-0.25, -0.2) is 0 Å². The highest BCUT2D eigenvalue weighted by Crippen LogP contribution is 2.44. The van der Waals surface area contributed by atoms with E-state index in [4.69, 9.17) is 5.11 Å². The van der Waals surface area contributed by atoms with Crippen LogP contribution in [-0.4, -0.2) is 16.1 Å². The van der Waals surface area contributed by atoms with E-state index in [2.05, 4.69) is 4.98 Å². The van der Waals surface area contributed by atoms with Crippen molar-refractivity contribution < 1.29 is 9.90 Å². The largest absolute Gasteiger partial charge is 0.481 e. The molecule has 0 saturated heterocycles. The van der Waals surface area contributed by atoms with Crippen LogP contribution in [0.5, 0.6) is 0 Å². The quantitative estimate of drug-likeness (QED) is 0.820. The number of carboxylic acids is 1. The van der Waals surface area contributed by atoms with Crippen molar-refractivity contribution in [2.24, 2.45) is 5.92 Å². The lowest BCUT2D eigenvalue weighted by atomic mass is 9.91. The fourth-order valence-corrected chi connectivity index (χ4v) is 2.04. The first-order valence-electron chi connectivity index (χ1n) is 5.31. The monoisotopic (exact) mass is 205 g/mol. The molecule has 1 heterocycles.